The summed E-state index contributed by atoms with van der Waals surface area (Å²) in [4.78, 5) is 15.7. The van der Waals surface area contributed by atoms with E-state index in [1.54, 1.807) is 0 Å². The van der Waals surface area contributed by atoms with Gasteiger partial charge < -0.3 is 10.2 Å². The van der Waals surface area contributed by atoms with Crippen LogP contribution in [0.15, 0.2) is 11.4 Å². The molecule has 0 aromatic carbocycles. The van der Waals surface area contributed by atoms with Crippen LogP contribution in [0.25, 0.3) is 0 Å². The highest BCUT2D eigenvalue weighted by Crippen LogP contribution is 2.35. The lowest BCUT2D eigenvalue weighted by atomic mass is 9.98. The van der Waals surface area contributed by atoms with Crippen LogP contribution >= 0.6 is 11.3 Å². The Balaban J connectivity index is 1.78. The van der Waals surface area contributed by atoms with Gasteiger partial charge in [0, 0.05) is 17.5 Å². The third-order valence-electron chi connectivity index (χ3n) is 3.65. The van der Waals surface area contributed by atoms with Crippen LogP contribution in [0, 0.1) is 0 Å². The van der Waals surface area contributed by atoms with E-state index in [-0.39, 0.29) is 12.1 Å². The first-order valence-corrected chi connectivity index (χ1v) is 7.31. The summed E-state index contributed by atoms with van der Waals surface area (Å²) in [7, 11) is 0. The average molecular weight is 250 g/mol. The number of amides is 2. The van der Waals surface area contributed by atoms with Crippen LogP contribution in [0.5, 0.6) is 0 Å². The van der Waals surface area contributed by atoms with Gasteiger partial charge >= 0.3 is 6.03 Å². The minimum atomic E-state index is 0.135. The smallest absolute Gasteiger partial charge is 0.318 e. The maximum Gasteiger partial charge on any atom is 0.318 e. The minimum Gasteiger partial charge on any atom is -0.335 e. The molecule has 1 unspecified atom stereocenters. The highest BCUT2D eigenvalue weighted by molar-refractivity contribution is 7.10. The summed E-state index contributed by atoms with van der Waals surface area (Å²) in [5.74, 6) is 0. The number of nitrogens with zero attached hydrogens (tertiary/aromatic N) is 1. The van der Waals surface area contributed by atoms with Crippen molar-refractivity contribution in [3.63, 3.8) is 0 Å². The lowest BCUT2D eigenvalue weighted by molar-refractivity contribution is 0.167. The van der Waals surface area contributed by atoms with E-state index in [0.29, 0.717) is 6.04 Å². The largest absolute Gasteiger partial charge is 0.335 e. The van der Waals surface area contributed by atoms with Crippen molar-refractivity contribution in [2.24, 2.45) is 0 Å². The molecule has 92 valence electrons. The van der Waals surface area contributed by atoms with Crippen LogP contribution in [-0.4, -0.2) is 23.5 Å². The monoisotopic (exact) mass is 250 g/mol. The molecule has 1 N–H and O–H groups in total. The third kappa shape index (κ3) is 2.06. The zero-order valence-electron chi connectivity index (χ0n) is 10.1. The molecule has 2 aliphatic rings. The molecule has 1 atom stereocenters. The van der Waals surface area contributed by atoms with Gasteiger partial charge in [0.05, 0.1) is 6.04 Å². The molecule has 4 heteroatoms. The number of hydrogen-bond donors (Lipinski definition) is 1. The molecule has 1 fully saturated rings. The van der Waals surface area contributed by atoms with Crippen molar-refractivity contribution >= 4 is 17.4 Å². The van der Waals surface area contributed by atoms with Crippen molar-refractivity contribution in [2.45, 2.75) is 44.7 Å². The Morgan fingerprint density at radius 2 is 2.41 bits per heavy atom. The van der Waals surface area contributed by atoms with Crippen LogP contribution < -0.4 is 5.32 Å². The Labute approximate surface area is 106 Å². The summed E-state index contributed by atoms with van der Waals surface area (Å²) >= 11 is 1.83. The van der Waals surface area contributed by atoms with Gasteiger partial charge in [-0.15, -0.1) is 11.3 Å². The SMILES string of the molecule is CCC1c2ccsc2CCN1C(=O)NC1CC1. The number of carbonyl (C=O) groups is 1. The summed E-state index contributed by atoms with van der Waals surface area (Å²) in [6.07, 6.45) is 4.32. The number of thiophene rings is 1. The zero-order chi connectivity index (χ0) is 11.8. The first kappa shape index (κ1) is 11.1. The lowest BCUT2D eigenvalue weighted by Crippen LogP contribution is -2.45. The Morgan fingerprint density at radius 1 is 1.59 bits per heavy atom. The van der Waals surface area contributed by atoms with E-state index in [4.69, 9.17) is 0 Å². The maximum atomic E-state index is 12.2. The summed E-state index contributed by atoms with van der Waals surface area (Å²) in [5.41, 5.74) is 1.37. The molecule has 17 heavy (non-hydrogen) atoms. The summed E-state index contributed by atoms with van der Waals surface area (Å²) < 4.78 is 0. The van der Waals surface area contributed by atoms with E-state index in [1.807, 2.05) is 16.2 Å². The molecule has 0 radical (unpaired) electrons. The highest BCUT2D eigenvalue weighted by Gasteiger charge is 2.33. The highest BCUT2D eigenvalue weighted by atomic mass is 32.1. The van der Waals surface area contributed by atoms with Crippen molar-refractivity contribution in [1.82, 2.24) is 10.2 Å². The fourth-order valence-corrected chi connectivity index (χ4v) is 3.49. The van der Waals surface area contributed by atoms with Gasteiger partial charge in [0.1, 0.15) is 0 Å². The van der Waals surface area contributed by atoms with E-state index < -0.39 is 0 Å². The van der Waals surface area contributed by atoms with Gasteiger partial charge in [0.2, 0.25) is 0 Å². The van der Waals surface area contributed by atoms with Gasteiger partial charge in [-0.05, 0) is 42.7 Å². The second kappa shape index (κ2) is 4.33. The molecular weight excluding hydrogens is 232 g/mol. The van der Waals surface area contributed by atoms with E-state index in [1.165, 1.54) is 10.4 Å². The molecule has 3 nitrogen and oxygen atoms in total. The lowest BCUT2D eigenvalue weighted by Gasteiger charge is -2.35. The number of urea groups is 1. The molecule has 0 spiro atoms. The molecule has 0 saturated heterocycles. The quantitative estimate of drug-likeness (QED) is 0.860. The van der Waals surface area contributed by atoms with Crippen molar-refractivity contribution in [2.75, 3.05) is 6.54 Å². The molecule has 1 aliphatic carbocycles. The van der Waals surface area contributed by atoms with Gasteiger partial charge in [-0.1, -0.05) is 6.92 Å². The van der Waals surface area contributed by atoms with Crippen molar-refractivity contribution in [1.29, 1.82) is 0 Å². The molecule has 1 aromatic heterocycles. The average Bonchev–Trinajstić information content (AvgIpc) is 3.02. The van der Waals surface area contributed by atoms with Crippen LogP contribution in [0.3, 0.4) is 0 Å². The first-order valence-electron chi connectivity index (χ1n) is 6.43. The van der Waals surface area contributed by atoms with E-state index in [0.717, 1.165) is 32.2 Å². The Morgan fingerprint density at radius 3 is 3.12 bits per heavy atom. The van der Waals surface area contributed by atoms with E-state index in [9.17, 15) is 4.79 Å². The summed E-state index contributed by atoms with van der Waals surface area (Å²) in [5, 5.41) is 5.25. The summed E-state index contributed by atoms with van der Waals surface area (Å²) in [6.45, 7) is 3.03. The van der Waals surface area contributed by atoms with Crippen LogP contribution in [0.1, 0.15) is 42.7 Å². The minimum absolute atomic E-state index is 0.135. The molecular formula is C13H18N2OS. The number of rotatable bonds is 2. The Kier molecular flexibility index (Phi) is 2.82. The maximum absolute atomic E-state index is 12.2. The van der Waals surface area contributed by atoms with Crippen molar-refractivity contribution in [3.8, 4) is 0 Å². The molecule has 2 heterocycles. The number of hydrogen-bond acceptors (Lipinski definition) is 2. The first-order chi connectivity index (χ1) is 8.29. The summed E-state index contributed by atoms with van der Waals surface area (Å²) in [6, 6.07) is 3.05. The molecule has 1 aliphatic heterocycles. The normalized spacial score (nSPS) is 23.4. The number of fused-ring (bicyclic) bond motifs is 1. The molecule has 3 rings (SSSR count). The second-order valence-corrected chi connectivity index (χ2v) is 5.89. The van der Waals surface area contributed by atoms with E-state index >= 15 is 0 Å². The molecule has 2 amide bonds. The van der Waals surface area contributed by atoms with Crippen molar-refractivity contribution in [3.05, 3.63) is 21.9 Å². The number of nitrogens with one attached hydrogen (secondary N) is 1. The zero-order valence-corrected chi connectivity index (χ0v) is 10.9. The van der Waals surface area contributed by atoms with Gasteiger partial charge in [0.15, 0.2) is 0 Å². The van der Waals surface area contributed by atoms with Crippen LogP contribution in [0.2, 0.25) is 0 Å². The van der Waals surface area contributed by atoms with Gasteiger partial charge in [-0.3, -0.25) is 0 Å². The molecule has 1 aromatic rings. The van der Waals surface area contributed by atoms with E-state index in [2.05, 4.69) is 23.7 Å². The van der Waals surface area contributed by atoms with Gasteiger partial charge in [-0.2, -0.15) is 0 Å². The Bertz CT molecular complexity index is 425. The van der Waals surface area contributed by atoms with Crippen LogP contribution in [0.4, 0.5) is 4.79 Å². The predicted molar refractivity (Wildman–Crippen MR) is 69.3 cm³/mol. The topological polar surface area (TPSA) is 32.3 Å². The van der Waals surface area contributed by atoms with Gasteiger partial charge in [0.25, 0.3) is 0 Å². The number of carbonyl (C=O) groups excluding carboxylic acids is 1. The predicted octanol–water partition coefficient (Wildman–Crippen LogP) is 2.93. The second-order valence-electron chi connectivity index (χ2n) is 4.89. The third-order valence-corrected chi connectivity index (χ3v) is 4.64. The fraction of sp³-hybridized carbons (Fsp3) is 0.615. The molecule has 0 bridgehead atoms. The van der Waals surface area contributed by atoms with Crippen LogP contribution in [-0.2, 0) is 6.42 Å². The molecule has 1 saturated carbocycles. The van der Waals surface area contributed by atoms with Crippen molar-refractivity contribution < 1.29 is 4.79 Å². The Hall–Kier alpha value is -1.03. The van der Waals surface area contributed by atoms with Gasteiger partial charge in [-0.25, -0.2) is 4.79 Å². The fourth-order valence-electron chi connectivity index (χ4n) is 2.56. The standard InChI is InChI=1S/C13H18N2OS/c1-2-11-10-6-8-17-12(10)5-7-15(11)13(16)14-9-3-4-9/h6,8-9,11H,2-5,7H2,1H3,(H,14,16).